The SMILES string of the molecule is Cc1ccc2c(c1)c(C(=O)O)nn2Cc1ccc(Cl)cc1. The molecule has 1 N–H and O–H groups in total. The van der Waals surface area contributed by atoms with E-state index in [1.165, 1.54) is 0 Å². The zero-order valence-corrected chi connectivity index (χ0v) is 12.1. The fourth-order valence-corrected chi connectivity index (χ4v) is 2.46. The molecule has 0 bridgehead atoms. The Labute approximate surface area is 126 Å². The Morgan fingerprint density at radius 1 is 1.24 bits per heavy atom. The molecule has 3 rings (SSSR count). The lowest BCUT2D eigenvalue weighted by Crippen LogP contribution is -2.04. The van der Waals surface area contributed by atoms with Crippen LogP contribution in [-0.4, -0.2) is 20.9 Å². The van der Waals surface area contributed by atoms with Crippen LogP contribution in [-0.2, 0) is 6.54 Å². The molecule has 0 saturated heterocycles. The van der Waals surface area contributed by atoms with Gasteiger partial charge in [0.05, 0.1) is 12.1 Å². The molecule has 106 valence electrons. The molecule has 21 heavy (non-hydrogen) atoms. The number of hydrogen-bond donors (Lipinski definition) is 1. The summed E-state index contributed by atoms with van der Waals surface area (Å²) in [5, 5.41) is 14.9. The Morgan fingerprint density at radius 2 is 1.95 bits per heavy atom. The third kappa shape index (κ3) is 2.62. The van der Waals surface area contributed by atoms with Gasteiger partial charge in [0.2, 0.25) is 0 Å². The Balaban J connectivity index is 2.10. The maximum atomic E-state index is 11.3. The third-order valence-corrected chi connectivity index (χ3v) is 3.61. The third-order valence-electron chi connectivity index (χ3n) is 3.35. The van der Waals surface area contributed by atoms with Crippen molar-refractivity contribution in [2.75, 3.05) is 0 Å². The Morgan fingerprint density at radius 3 is 2.62 bits per heavy atom. The highest BCUT2D eigenvalue weighted by atomic mass is 35.5. The quantitative estimate of drug-likeness (QED) is 0.801. The van der Waals surface area contributed by atoms with Gasteiger partial charge in [0.25, 0.3) is 0 Å². The largest absolute Gasteiger partial charge is 0.476 e. The Hall–Kier alpha value is -2.33. The average Bonchev–Trinajstić information content (AvgIpc) is 2.79. The van der Waals surface area contributed by atoms with Crippen molar-refractivity contribution in [1.29, 1.82) is 0 Å². The molecule has 2 aromatic carbocycles. The number of rotatable bonds is 3. The number of carboxylic acids is 1. The highest BCUT2D eigenvalue weighted by Gasteiger charge is 2.16. The fourth-order valence-electron chi connectivity index (χ4n) is 2.33. The van der Waals surface area contributed by atoms with Crippen molar-refractivity contribution in [3.05, 3.63) is 64.3 Å². The van der Waals surface area contributed by atoms with Gasteiger partial charge in [-0.3, -0.25) is 4.68 Å². The number of hydrogen-bond acceptors (Lipinski definition) is 2. The second-order valence-electron chi connectivity index (χ2n) is 4.96. The van der Waals surface area contributed by atoms with Gasteiger partial charge < -0.3 is 5.11 Å². The van der Waals surface area contributed by atoms with E-state index in [2.05, 4.69) is 5.10 Å². The number of carbonyl (C=O) groups is 1. The molecule has 1 heterocycles. The molecule has 0 aliphatic heterocycles. The summed E-state index contributed by atoms with van der Waals surface area (Å²) in [6.07, 6.45) is 0. The molecular formula is C16H13ClN2O2. The molecule has 1 aromatic heterocycles. The van der Waals surface area contributed by atoms with Crippen LogP contribution in [0.2, 0.25) is 5.02 Å². The lowest BCUT2D eigenvalue weighted by molar-refractivity contribution is 0.0691. The van der Waals surface area contributed by atoms with Crippen molar-refractivity contribution in [2.45, 2.75) is 13.5 Å². The van der Waals surface area contributed by atoms with Gasteiger partial charge in [-0.05, 0) is 36.8 Å². The standard InChI is InChI=1S/C16H13ClN2O2/c1-10-2-7-14-13(8-10)15(16(20)21)18-19(14)9-11-3-5-12(17)6-4-11/h2-8H,9H2,1H3,(H,20,21). The smallest absolute Gasteiger partial charge is 0.357 e. The molecule has 5 heteroatoms. The second kappa shape index (κ2) is 5.22. The minimum atomic E-state index is -1.01. The molecule has 3 aromatic rings. The Kier molecular flexibility index (Phi) is 3.39. The lowest BCUT2D eigenvalue weighted by atomic mass is 10.1. The zero-order chi connectivity index (χ0) is 15.0. The van der Waals surface area contributed by atoms with E-state index in [0.29, 0.717) is 17.0 Å². The molecule has 0 atom stereocenters. The van der Waals surface area contributed by atoms with Gasteiger partial charge in [-0.25, -0.2) is 4.79 Å². The summed E-state index contributed by atoms with van der Waals surface area (Å²) in [7, 11) is 0. The molecule has 0 aliphatic carbocycles. The Bertz CT molecular complexity index is 822. The van der Waals surface area contributed by atoms with E-state index in [4.69, 9.17) is 11.6 Å². The maximum Gasteiger partial charge on any atom is 0.357 e. The molecular weight excluding hydrogens is 288 g/mol. The van der Waals surface area contributed by atoms with Crippen LogP contribution in [0.4, 0.5) is 0 Å². The van der Waals surface area contributed by atoms with Crippen molar-refractivity contribution in [1.82, 2.24) is 9.78 Å². The van der Waals surface area contributed by atoms with Crippen LogP contribution in [0.1, 0.15) is 21.6 Å². The van der Waals surface area contributed by atoms with Gasteiger partial charge >= 0.3 is 5.97 Å². The van der Waals surface area contributed by atoms with Crippen LogP contribution in [0, 0.1) is 6.92 Å². The summed E-state index contributed by atoms with van der Waals surface area (Å²) in [6, 6.07) is 13.1. The number of aromatic nitrogens is 2. The number of benzene rings is 2. The lowest BCUT2D eigenvalue weighted by Gasteiger charge is -2.04. The summed E-state index contributed by atoms with van der Waals surface area (Å²) < 4.78 is 1.71. The first-order chi connectivity index (χ1) is 10.0. The van der Waals surface area contributed by atoms with Crippen molar-refractivity contribution < 1.29 is 9.90 Å². The number of halogens is 1. The van der Waals surface area contributed by atoms with Gasteiger partial charge in [0.1, 0.15) is 0 Å². The van der Waals surface area contributed by atoms with Crippen LogP contribution < -0.4 is 0 Å². The fraction of sp³-hybridized carbons (Fsp3) is 0.125. The average molecular weight is 301 g/mol. The molecule has 0 saturated carbocycles. The van der Waals surface area contributed by atoms with Crippen LogP contribution in [0.3, 0.4) is 0 Å². The van der Waals surface area contributed by atoms with Crippen LogP contribution in [0.25, 0.3) is 10.9 Å². The van der Waals surface area contributed by atoms with E-state index in [9.17, 15) is 9.90 Å². The van der Waals surface area contributed by atoms with Crippen LogP contribution in [0.5, 0.6) is 0 Å². The van der Waals surface area contributed by atoms with Gasteiger partial charge in [-0.2, -0.15) is 5.10 Å². The second-order valence-corrected chi connectivity index (χ2v) is 5.39. The van der Waals surface area contributed by atoms with Crippen molar-refractivity contribution in [3.8, 4) is 0 Å². The molecule has 0 radical (unpaired) electrons. The number of nitrogens with zero attached hydrogens (tertiary/aromatic N) is 2. The number of fused-ring (bicyclic) bond motifs is 1. The molecule has 0 amide bonds. The number of carboxylic acid groups (broad SMARTS) is 1. The summed E-state index contributed by atoms with van der Waals surface area (Å²) in [4.78, 5) is 11.3. The number of aromatic carboxylic acids is 1. The molecule has 4 nitrogen and oxygen atoms in total. The highest BCUT2D eigenvalue weighted by Crippen LogP contribution is 2.21. The predicted molar refractivity (Wildman–Crippen MR) is 82.0 cm³/mol. The normalized spacial score (nSPS) is 11.0. The van der Waals surface area contributed by atoms with Crippen molar-refractivity contribution in [2.24, 2.45) is 0 Å². The van der Waals surface area contributed by atoms with E-state index in [-0.39, 0.29) is 5.69 Å². The van der Waals surface area contributed by atoms with E-state index in [1.54, 1.807) is 4.68 Å². The molecule has 0 fully saturated rings. The number of aryl methyl sites for hydroxylation is 1. The van der Waals surface area contributed by atoms with E-state index >= 15 is 0 Å². The van der Waals surface area contributed by atoms with Gasteiger partial charge in [0, 0.05) is 10.4 Å². The zero-order valence-electron chi connectivity index (χ0n) is 11.4. The van der Waals surface area contributed by atoms with Gasteiger partial charge in [-0.1, -0.05) is 35.4 Å². The topological polar surface area (TPSA) is 55.1 Å². The van der Waals surface area contributed by atoms with Gasteiger partial charge in [-0.15, -0.1) is 0 Å². The summed E-state index contributed by atoms with van der Waals surface area (Å²) in [6.45, 7) is 2.44. The van der Waals surface area contributed by atoms with E-state index in [1.807, 2.05) is 49.4 Å². The molecule has 0 aliphatic rings. The first-order valence-electron chi connectivity index (χ1n) is 6.49. The summed E-state index contributed by atoms with van der Waals surface area (Å²) >= 11 is 5.87. The highest BCUT2D eigenvalue weighted by molar-refractivity contribution is 6.30. The summed E-state index contributed by atoms with van der Waals surface area (Å²) in [5.41, 5.74) is 2.92. The minimum absolute atomic E-state index is 0.0858. The molecule has 0 spiro atoms. The van der Waals surface area contributed by atoms with E-state index in [0.717, 1.165) is 16.6 Å². The monoisotopic (exact) mass is 300 g/mol. The predicted octanol–water partition coefficient (Wildman–Crippen LogP) is 3.74. The van der Waals surface area contributed by atoms with Crippen molar-refractivity contribution in [3.63, 3.8) is 0 Å². The van der Waals surface area contributed by atoms with Crippen molar-refractivity contribution >= 4 is 28.5 Å². The van der Waals surface area contributed by atoms with Gasteiger partial charge in [0.15, 0.2) is 5.69 Å². The van der Waals surface area contributed by atoms with Crippen LogP contribution >= 0.6 is 11.6 Å². The minimum Gasteiger partial charge on any atom is -0.476 e. The summed E-state index contributed by atoms with van der Waals surface area (Å²) in [5.74, 6) is -1.01. The van der Waals surface area contributed by atoms with E-state index < -0.39 is 5.97 Å². The first kappa shape index (κ1) is 13.6. The maximum absolute atomic E-state index is 11.3. The first-order valence-corrected chi connectivity index (χ1v) is 6.87. The van der Waals surface area contributed by atoms with Crippen LogP contribution in [0.15, 0.2) is 42.5 Å². The molecule has 0 unspecified atom stereocenters.